The maximum atomic E-state index is 12.4. The normalized spacial score (nSPS) is 10.6. The van der Waals surface area contributed by atoms with E-state index in [1.54, 1.807) is 24.3 Å². The van der Waals surface area contributed by atoms with Crippen molar-refractivity contribution >= 4 is 46.6 Å². The zero-order valence-electron chi connectivity index (χ0n) is 15.4. The molecule has 3 rings (SSSR count). The van der Waals surface area contributed by atoms with Crippen LogP contribution in [0.4, 0.5) is 5.69 Å². The molecular formula is C20H17Cl2N3O3S. The van der Waals surface area contributed by atoms with E-state index in [0.29, 0.717) is 38.1 Å². The highest BCUT2D eigenvalue weighted by Crippen LogP contribution is 2.27. The molecule has 0 aliphatic carbocycles. The van der Waals surface area contributed by atoms with Gasteiger partial charge in [0.15, 0.2) is 5.16 Å². The number of aromatic amines is 1. The standard InChI is InChI=1S/C20H17Cl2N3O3S/c1-28-17-6-5-14(22)8-16(17)24-18(26)9-15-10-19(27)25-20(23-15)29-11-12-3-2-4-13(21)7-12/h2-8,10H,9,11H2,1H3,(H,24,26)(H,23,25,27). The van der Waals surface area contributed by atoms with Crippen LogP contribution in [0.3, 0.4) is 0 Å². The first-order valence-corrected chi connectivity index (χ1v) is 10.3. The van der Waals surface area contributed by atoms with Crippen LogP contribution in [0.25, 0.3) is 0 Å². The summed E-state index contributed by atoms with van der Waals surface area (Å²) in [7, 11) is 1.50. The number of methoxy groups -OCH3 is 1. The Kier molecular flexibility index (Phi) is 7.19. The predicted octanol–water partition coefficient (Wildman–Crippen LogP) is 4.56. The second kappa shape index (κ2) is 9.82. The van der Waals surface area contributed by atoms with Crippen LogP contribution >= 0.6 is 35.0 Å². The summed E-state index contributed by atoms with van der Waals surface area (Å²) in [6, 6.07) is 13.7. The van der Waals surface area contributed by atoms with Gasteiger partial charge in [0, 0.05) is 21.9 Å². The molecule has 29 heavy (non-hydrogen) atoms. The van der Waals surface area contributed by atoms with Gasteiger partial charge in [-0.3, -0.25) is 9.59 Å². The summed E-state index contributed by atoms with van der Waals surface area (Å²) in [5, 5.41) is 4.28. The van der Waals surface area contributed by atoms with E-state index in [2.05, 4.69) is 15.3 Å². The molecule has 6 nitrogen and oxygen atoms in total. The van der Waals surface area contributed by atoms with Crippen LogP contribution in [-0.4, -0.2) is 23.0 Å². The number of hydrogen-bond donors (Lipinski definition) is 2. The van der Waals surface area contributed by atoms with Crippen molar-refractivity contribution in [3.05, 3.63) is 80.2 Å². The monoisotopic (exact) mass is 449 g/mol. The Hall–Kier alpha value is -2.48. The molecule has 3 aromatic rings. The van der Waals surface area contributed by atoms with Gasteiger partial charge in [-0.25, -0.2) is 4.98 Å². The molecule has 0 aliphatic heterocycles. The van der Waals surface area contributed by atoms with Crippen molar-refractivity contribution in [2.45, 2.75) is 17.3 Å². The first-order valence-electron chi connectivity index (χ1n) is 8.54. The molecule has 0 bridgehead atoms. The minimum absolute atomic E-state index is 0.0652. The Balaban J connectivity index is 1.69. The van der Waals surface area contributed by atoms with Gasteiger partial charge in [-0.05, 0) is 35.9 Å². The van der Waals surface area contributed by atoms with Crippen LogP contribution < -0.4 is 15.6 Å². The largest absolute Gasteiger partial charge is 0.495 e. The number of rotatable bonds is 7. The van der Waals surface area contributed by atoms with Crippen molar-refractivity contribution in [2.24, 2.45) is 0 Å². The maximum Gasteiger partial charge on any atom is 0.251 e. The van der Waals surface area contributed by atoms with E-state index in [9.17, 15) is 9.59 Å². The number of nitrogens with one attached hydrogen (secondary N) is 2. The van der Waals surface area contributed by atoms with Crippen molar-refractivity contribution < 1.29 is 9.53 Å². The first-order chi connectivity index (χ1) is 13.9. The number of amides is 1. The lowest BCUT2D eigenvalue weighted by atomic mass is 10.2. The number of benzene rings is 2. The van der Waals surface area contributed by atoms with Gasteiger partial charge in [-0.15, -0.1) is 0 Å². The number of H-pyrrole nitrogens is 1. The van der Waals surface area contributed by atoms with Gasteiger partial charge < -0.3 is 15.0 Å². The van der Waals surface area contributed by atoms with Crippen molar-refractivity contribution in [1.82, 2.24) is 9.97 Å². The lowest BCUT2D eigenvalue weighted by molar-refractivity contribution is -0.115. The second-order valence-electron chi connectivity index (χ2n) is 6.03. The molecule has 2 N–H and O–H groups in total. The van der Waals surface area contributed by atoms with Crippen molar-refractivity contribution in [3.8, 4) is 5.75 Å². The van der Waals surface area contributed by atoms with Gasteiger partial charge in [0.05, 0.1) is 24.9 Å². The van der Waals surface area contributed by atoms with Crippen LogP contribution in [0.1, 0.15) is 11.3 Å². The Labute approximate surface area is 181 Å². The van der Waals surface area contributed by atoms with Crippen LogP contribution in [0.5, 0.6) is 5.75 Å². The molecule has 0 saturated carbocycles. The molecule has 0 atom stereocenters. The summed E-state index contributed by atoms with van der Waals surface area (Å²) in [4.78, 5) is 31.4. The quantitative estimate of drug-likeness (QED) is 0.407. The Morgan fingerprint density at radius 2 is 1.97 bits per heavy atom. The van der Waals surface area contributed by atoms with Gasteiger partial charge in [0.25, 0.3) is 5.56 Å². The number of carbonyl (C=O) groups excluding carboxylic acids is 1. The fourth-order valence-corrected chi connectivity index (χ4v) is 3.78. The van der Waals surface area contributed by atoms with Gasteiger partial charge in [0.1, 0.15) is 5.75 Å². The molecule has 9 heteroatoms. The van der Waals surface area contributed by atoms with Crippen LogP contribution in [0, 0.1) is 0 Å². The smallest absolute Gasteiger partial charge is 0.251 e. The number of hydrogen-bond acceptors (Lipinski definition) is 5. The number of aromatic nitrogens is 2. The zero-order valence-corrected chi connectivity index (χ0v) is 17.7. The second-order valence-corrected chi connectivity index (χ2v) is 7.87. The van der Waals surface area contributed by atoms with Crippen molar-refractivity contribution in [1.29, 1.82) is 0 Å². The number of anilines is 1. The van der Waals surface area contributed by atoms with E-state index < -0.39 is 0 Å². The zero-order chi connectivity index (χ0) is 20.8. The van der Waals surface area contributed by atoms with Gasteiger partial charge in [0.2, 0.25) is 5.91 Å². The Bertz CT molecular complexity index is 1090. The Morgan fingerprint density at radius 1 is 1.17 bits per heavy atom. The Morgan fingerprint density at radius 3 is 2.72 bits per heavy atom. The molecule has 0 saturated heterocycles. The minimum Gasteiger partial charge on any atom is -0.495 e. The highest BCUT2D eigenvalue weighted by Gasteiger charge is 2.12. The van der Waals surface area contributed by atoms with E-state index in [1.807, 2.05) is 18.2 Å². The SMILES string of the molecule is COc1ccc(Cl)cc1NC(=O)Cc1cc(=O)[nH]c(SCc2cccc(Cl)c2)n1. The third-order valence-corrected chi connectivity index (χ3v) is 5.23. The first kappa shape index (κ1) is 21.2. The fourth-order valence-electron chi connectivity index (χ4n) is 2.56. The molecule has 1 heterocycles. The maximum absolute atomic E-state index is 12.4. The molecule has 1 amide bonds. The fraction of sp³-hybridized carbons (Fsp3) is 0.150. The number of carbonyl (C=O) groups is 1. The molecule has 0 unspecified atom stereocenters. The summed E-state index contributed by atoms with van der Waals surface area (Å²) in [5.41, 5.74) is 1.49. The van der Waals surface area contributed by atoms with Crippen LogP contribution in [0.2, 0.25) is 10.0 Å². The van der Waals surface area contributed by atoms with Crippen molar-refractivity contribution in [2.75, 3.05) is 12.4 Å². The number of halogens is 2. The molecule has 0 aliphatic rings. The van der Waals surface area contributed by atoms with Crippen molar-refractivity contribution in [3.63, 3.8) is 0 Å². The highest BCUT2D eigenvalue weighted by atomic mass is 35.5. The third kappa shape index (κ3) is 6.25. The third-order valence-electron chi connectivity index (χ3n) is 3.81. The minimum atomic E-state index is -0.338. The highest BCUT2D eigenvalue weighted by molar-refractivity contribution is 7.98. The lowest BCUT2D eigenvalue weighted by Gasteiger charge is -2.10. The molecule has 0 fully saturated rings. The average Bonchev–Trinajstić information content (AvgIpc) is 2.66. The van der Waals surface area contributed by atoms with E-state index in [0.717, 1.165) is 5.56 Å². The average molecular weight is 450 g/mol. The van der Waals surface area contributed by atoms with E-state index >= 15 is 0 Å². The summed E-state index contributed by atoms with van der Waals surface area (Å²) < 4.78 is 5.22. The van der Waals surface area contributed by atoms with Gasteiger partial charge >= 0.3 is 0 Å². The molecule has 2 aromatic carbocycles. The summed E-state index contributed by atoms with van der Waals surface area (Å²) in [5.74, 6) is 0.729. The lowest BCUT2D eigenvalue weighted by Crippen LogP contribution is -2.18. The number of nitrogens with zero attached hydrogens (tertiary/aromatic N) is 1. The van der Waals surface area contributed by atoms with E-state index in [4.69, 9.17) is 27.9 Å². The van der Waals surface area contributed by atoms with E-state index in [1.165, 1.54) is 24.9 Å². The molecule has 0 spiro atoms. The molecule has 0 radical (unpaired) electrons. The molecule has 150 valence electrons. The summed E-state index contributed by atoms with van der Waals surface area (Å²) in [6.45, 7) is 0. The number of thioether (sulfide) groups is 1. The van der Waals surface area contributed by atoms with Gasteiger partial charge in [-0.2, -0.15) is 0 Å². The topological polar surface area (TPSA) is 84.1 Å². The predicted molar refractivity (Wildman–Crippen MR) is 116 cm³/mol. The van der Waals surface area contributed by atoms with Gasteiger partial charge in [-0.1, -0.05) is 47.1 Å². The van der Waals surface area contributed by atoms with Crippen LogP contribution in [-0.2, 0) is 17.0 Å². The summed E-state index contributed by atoms with van der Waals surface area (Å²) >= 11 is 13.3. The van der Waals surface area contributed by atoms with Crippen LogP contribution in [0.15, 0.2) is 58.5 Å². The summed E-state index contributed by atoms with van der Waals surface area (Å²) in [6.07, 6.45) is -0.0652. The van der Waals surface area contributed by atoms with E-state index in [-0.39, 0.29) is 17.9 Å². The molecular weight excluding hydrogens is 433 g/mol. The molecule has 1 aromatic heterocycles. The number of ether oxygens (including phenoxy) is 1.